The molecule has 2 N–H and O–H groups in total. The molecule has 0 aliphatic rings. The molecule has 0 unspecified atom stereocenters. The standard InChI is InChI=1S/C18H18N2O3/c19-12-17(21)16(11-14-7-3-1-4-8-14)20-18(22)23-13-15-9-5-2-6-10-15/h1-10,12,16,19H,11,13H2,(H,20,22)/t16-/m0/s1. The summed E-state index contributed by atoms with van der Waals surface area (Å²) in [5, 5.41) is 9.64. The van der Waals surface area contributed by atoms with Crippen molar-refractivity contribution in [3.05, 3.63) is 71.8 Å². The van der Waals surface area contributed by atoms with E-state index in [1.807, 2.05) is 60.7 Å². The molecule has 2 aromatic rings. The summed E-state index contributed by atoms with van der Waals surface area (Å²) in [5.41, 5.74) is 1.76. The Balaban J connectivity index is 1.93. The van der Waals surface area contributed by atoms with Crippen LogP contribution >= 0.6 is 0 Å². The largest absolute Gasteiger partial charge is 0.445 e. The predicted molar refractivity (Wildman–Crippen MR) is 87.5 cm³/mol. The van der Waals surface area contributed by atoms with Crippen LogP contribution in [0.4, 0.5) is 4.79 Å². The van der Waals surface area contributed by atoms with Gasteiger partial charge in [0.25, 0.3) is 0 Å². The average Bonchev–Trinajstić information content (AvgIpc) is 2.60. The highest BCUT2D eigenvalue weighted by Gasteiger charge is 2.20. The summed E-state index contributed by atoms with van der Waals surface area (Å²) in [7, 11) is 0. The van der Waals surface area contributed by atoms with Gasteiger partial charge in [0, 0.05) is 6.42 Å². The van der Waals surface area contributed by atoms with E-state index in [0.717, 1.165) is 11.1 Å². The van der Waals surface area contributed by atoms with Gasteiger partial charge in [-0.05, 0) is 11.1 Å². The topological polar surface area (TPSA) is 79.3 Å². The van der Waals surface area contributed by atoms with E-state index in [-0.39, 0.29) is 6.61 Å². The molecule has 23 heavy (non-hydrogen) atoms. The minimum absolute atomic E-state index is 0.128. The third-order valence-corrected chi connectivity index (χ3v) is 3.27. The van der Waals surface area contributed by atoms with E-state index in [4.69, 9.17) is 10.1 Å². The van der Waals surface area contributed by atoms with Crippen molar-refractivity contribution in [2.24, 2.45) is 0 Å². The lowest BCUT2D eigenvalue weighted by Gasteiger charge is -2.16. The third kappa shape index (κ3) is 5.39. The zero-order valence-corrected chi connectivity index (χ0v) is 12.6. The molecule has 0 radical (unpaired) electrons. The van der Waals surface area contributed by atoms with Gasteiger partial charge in [-0.1, -0.05) is 60.7 Å². The van der Waals surface area contributed by atoms with Gasteiger partial charge in [0.1, 0.15) is 12.6 Å². The first kappa shape index (κ1) is 16.4. The van der Waals surface area contributed by atoms with Crippen molar-refractivity contribution >= 4 is 18.1 Å². The Bertz CT molecular complexity index is 656. The van der Waals surface area contributed by atoms with E-state index in [9.17, 15) is 9.59 Å². The van der Waals surface area contributed by atoms with Crippen LogP contribution in [0.2, 0.25) is 0 Å². The number of Topliss-reactive ketones (excluding diaryl/α,β-unsaturated/α-hetero) is 1. The summed E-state index contributed by atoms with van der Waals surface area (Å²) in [4.78, 5) is 23.7. The fourth-order valence-electron chi connectivity index (χ4n) is 2.08. The lowest BCUT2D eigenvalue weighted by molar-refractivity contribution is -0.114. The number of carbonyl (C=O) groups excluding carboxylic acids is 2. The van der Waals surface area contributed by atoms with E-state index in [0.29, 0.717) is 12.6 Å². The van der Waals surface area contributed by atoms with E-state index in [1.165, 1.54) is 0 Å². The van der Waals surface area contributed by atoms with Crippen LogP contribution in [0.15, 0.2) is 60.7 Å². The molecule has 0 aromatic heterocycles. The van der Waals surface area contributed by atoms with E-state index < -0.39 is 17.9 Å². The third-order valence-electron chi connectivity index (χ3n) is 3.27. The van der Waals surface area contributed by atoms with Crippen LogP contribution in [0.3, 0.4) is 0 Å². The molecule has 0 saturated carbocycles. The second-order valence-corrected chi connectivity index (χ2v) is 5.00. The highest BCUT2D eigenvalue weighted by atomic mass is 16.5. The van der Waals surface area contributed by atoms with Crippen molar-refractivity contribution < 1.29 is 14.3 Å². The first-order valence-electron chi connectivity index (χ1n) is 7.24. The molecule has 0 bridgehead atoms. The van der Waals surface area contributed by atoms with Gasteiger partial charge in [-0.3, -0.25) is 4.79 Å². The van der Waals surface area contributed by atoms with Crippen molar-refractivity contribution in [3.63, 3.8) is 0 Å². The monoisotopic (exact) mass is 310 g/mol. The number of carbonyl (C=O) groups is 2. The Kier molecular flexibility index (Phi) is 6.06. The summed E-state index contributed by atoms with van der Waals surface area (Å²) in [5.74, 6) is -0.467. The van der Waals surface area contributed by atoms with Gasteiger partial charge in [0.2, 0.25) is 0 Å². The number of rotatable bonds is 7. The second-order valence-electron chi connectivity index (χ2n) is 5.00. The summed E-state index contributed by atoms with van der Waals surface area (Å²) in [6, 6.07) is 17.8. The molecule has 118 valence electrons. The van der Waals surface area contributed by atoms with E-state index in [1.54, 1.807) is 0 Å². The minimum Gasteiger partial charge on any atom is -0.445 e. The lowest BCUT2D eigenvalue weighted by Crippen LogP contribution is -2.43. The highest BCUT2D eigenvalue weighted by molar-refractivity contribution is 6.29. The quantitative estimate of drug-likeness (QED) is 0.772. The molecule has 0 spiro atoms. The molecule has 5 heteroatoms. The molecular formula is C18H18N2O3. The molecule has 0 aliphatic carbocycles. The molecule has 1 atom stereocenters. The summed E-state index contributed by atoms with van der Waals surface area (Å²) in [6.45, 7) is 0.128. The van der Waals surface area contributed by atoms with Crippen LogP contribution in [0.1, 0.15) is 11.1 Å². The average molecular weight is 310 g/mol. The van der Waals surface area contributed by atoms with Crippen LogP contribution in [0.25, 0.3) is 0 Å². The summed E-state index contributed by atoms with van der Waals surface area (Å²) in [6.07, 6.45) is 0.352. The fraction of sp³-hybridized carbons (Fsp3) is 0.167. The van der Waals surface area contributed by atoms with Crippen LogP contribution in [-0.2, 0) is 22.6 Å². The van der Waals surface area contributed by atoms with Gasteiger partial charge in [-0.25, -0.2) is 4.79 Å². The highest BCUT2D eigenvalue weighted by Crippen LogP contribution is 2.05. The number of hydrogen-bond acceptors (Lipinski definition) is 4. The van der Waals surface area contributed by atoms with Gasteiger partial charge in [0.15, 0.2) is 5.78 Å². The molecule has 2 rings (SSSR count). The van der Waals surface area contributed by atoms with Crippen molar-refractivity contribution in [1.82, 2.24) is 5.32 Å². The number of ether oxygens (including phenoxy) is 1. The van der Waals surface area contributed by atoms with Gasteiger partial charge in [0.05, 0.1) is 6.21 Å². The molecule has 0 heterocycles. The molecular weight excluding hydrogens is 292 g/mol. The van der Waals surface area contributed by atoms with Crippen LogP contribution in [-0.4, -0.2) is 24.1 Å². The van der Waals surface area contributed by atoms with Gasteiger partial charge < -0.3 is 15.5 Å². The first-order chi connectivity index (χ1) is 11.2. The van der Waals surface area contributed by atoms with E-state index >= 15 is 0 Å². The maximum Gasteiger partial charge on any atom is 0.408 e. The van der Waals surface area contributed by atoms with Gasteiger partial charge >= 0.3 is 6.09 Å². The Morgan fingerprint density at radius 1 is 1.00 bits per heavy atom. The number of hydrogen-bond donors (Lipinski definition) is 2. The number of benzene rings is 2. The zero-order valence-electron chi connectivity index (χ0n) is 12.6. The van der Waals surface area contributed by atoms with Crippen molar-refractivity contribution in [3.8, 4) is 0 Å². The normalized spacial score (nSPS) is 11.3. The Labute approximate surface area is 134 Å². The number of nitrogens with one attached hydrogen (secondary N) is 2. The van der Waals surface area contributed by atoms with Gasteiger partial charge in [-0.15, -0.1) is 0 Å². The maximum atomic E-state index is 11.9. The second kappa shape index (κ2) is 8.48. The Morgan fingerprint density at radius 3 is 2.13 bits per heavy atom. The SMILES string of the molecule is N=CC(=O)[C@H](Cc1ccccc1)NC(=O)OCc1ccccc1. The van der Waals surface area contributed by atoms with Crippen LogP contribution in [0.5, 0.6) is 0 Å². The van der Waals surface area contributed by atoms with Crippen molar-refractivity contribution in [2.75, 3.05) is 0 Å². The zero-order chi connectivity index (χ0) is 16.5. The molecule has 5 nitrogen and oxygen atoms in total. The van der Waals surface area contributed by atoms with Crippen molar-refractivity contribution in [1.29, 1.82) is 5.41 Å². The molecule has 1 amide bonds. The lowest BCUT2D eigenvalue weighted by atomic mass is 10.0. The molecule has 0 fully saturated rings. The minimum atomic E-state index is -0.807. The summed E-state index contributed by atoms with van der Waals surface area (Å²) >= 11 is 0. The Hall–Kier alpha value is -2.95. The maximum absolute atomic E-state index is 11.9. The Morgan fingerprint density at radius 2 is 1.57 bits per heavy atom. The van der Waals surface area contributed by atoms with Crippen LogP contribution in [0, 0.1) is 5.41 Å². The number of ketones is 1. The predicted octanol–water partition coefficient (Wildman–Crippen LogP) is 2.74. The molecule has 0 saturated heterocycles. The molecule has 0 aliphatic heterocycles. The van der Waals surface area contributed by atoms with Crippen molar-refractivity contribution in [2.45, 2.75) is 19.1 Å². The first-order valence-corrected chi connectivity index (χ1v) is 7.24. The molecule has 2 aromatic carbocycles. The van der Waals surface area contributed by atoms with E-state index in [2.05, 4.69) is 5.32 Å². The number of amides is 1. The fourth-order valence-corrected chi connectivity index (χ4v) is 2.08. The smallest absolute Gasteiger partial charge is 0.408 e. The van der Waals surface area contributed by atoms with Gasteiger partial charge in [-0.2, -0.15) is 0 Å². The number of alkyl carbamates (subject to hydrolysis) is 1. The van der Waals surface area contributed by atoms with Crippen LogP contribution < -0.4 is 5.32 Å². The summed E-state index contributed by atoms with van der Waals surface area (Å²) < 4.78 is 5.11.